The lowest BCUT2D eigenvalue weighted by Crippen LogP contribution is -2.54. The summed E-state index contributed by atoms with van der Waals surface area (Å²) >= 11 is 0. The number of carbonyl (C=O) groups excluding carboxylic acids is 1. The molecule has 1 amide bonds. The maximum atomic E-state index is 13.2. The Hall–Kier alpha value is -1.33. The Morgan fingerprint density at radius 2 is 2.10 bits per heavy atom. The molecule has 1 heterocycles. The third kappa shape index (κ3) is 2.32. The maximum absolute atomic E-state index is 13.2. The van der Waals surface area contributed by atoms with Gasteiger partial charge in [-0.1, -0.05) is 31.6 Å². The molecule has 4 aliphatic carbocycles. The number of aliphatic hydroxyl groups is 2. The topological polar surface area (TPSA) is 70.0 Å². The molecule has 29 heavy (non-hydrogen) atoms. The molecule has 5 heteroatoms. The van der Waals surface area contributed by atoms with Crippen LogP contribution in [0.2, 0.25) is 0 Å². The molecule has 1 spiro atoms. The van der Waals surface area contributed by atoms with Crippen molar-refractivity contribution in [3.63, 3.8) is 0 Å². The minimum absolute atomic E-state index is 0.0225. The summed E-state index contributed by atoms with van der Waals surface area (Å²) in [6.07, 6.45) is 10.8. The third-order valence-electron chi connectivity index (χ3n) is 8.82. The van der Waals surface area contributed by atoms with Crippen molar-refractivity contribution in [2.75, 3.05) is 13.2 Å². The largest absolute Gasteiger partial charge is 0.443 e. The van der Waals surface area contributed by atoms with Crippen molar-refractivity contribution < 1.29 is 19.7 Å². The van der Waals surface area contributed by atoms with Gasteiger partial charge < -0.3 is 14.9 Å². The minimum Gasteiger partial charge on any atom is -0.443 e. The van der Waals surface area contributed by atoms with E-state index in [4.69, 9.17) is 4.74 Å². The van der Waals surface area contributed by atoms with Gasteiger partial charge in [-0.05, 0) is 57.8 Å². The average molecular weight is 402 g/mol. The number of likely N-dealkylation sites (tertiary alicyclic amines) is 1. The van der Waals surface area contributed by atoms with Crippen LogP contribution < -0.4 is 0 Å². The van der Waals surface area contributed by atoms with Gasteiger partial charge in [0.25, 0.3) is 0 Å². The lowest BCUT2D eigenvalue weighted by molar-refractivity contribution is -0.0916. The number of carbonyl (C=O) groups is 1. The average Bonchev–Trinajstić information content (AvgIpc) is 2.90. The monoisotopic (exact) mass is 401 g/mol. The van der Waals surface area contributed by atoms with Crippen LogP contribution in [0, 0.1) is 34.0 Å². The van der Waals surface area contributed by atoms with E-state index in [1.807, 2.05) is 25.7 Å². The van der Waals surface area contributed by atoms with Gasteiger partial charge in [0.15, 0.2) is 0 Å². The van der Waals surface area contributed by atoms with E-state index in [9.17, 15) is 15.0 Å². The van der Waals surface area contributed by atoms with E-state index >= 15 is 0 Å². The fourth-order valence-corrected chi connectivity index (χ4v) is 8.22. The first-order chi connectivity index (χ1) is 13.6. The van der Waals surface area contributed by atoms with Gasteiger partial charge in [0.05, 0.1) is 6.10 Å². The summed E-state index contributed by atoms with van der Waals surface area (Å²) in [7, 11) is 0. The van der Waals surface area contributed by atoms with Crippen molar-refractivity contribution in [2.45, 2.75) is 71.5 Å². The molecule has 2 saturated carbocycles. The van der Waals surface area contributed by atoms with Gasteiger partial charge in [0.1, 0.15) is 5.60 Å². The SMILES string of the molecule is CC(C)(C)OC(=O)N1C[C@]2(C)CCC[C@@]34C(O)[C@H]5C=CC[C@@H]3[C@@]5(CCO)C=C1[C@H]24. The molecule has 5 rings (SSSR count). The van der Waals surface area contributed by atoms with Crippen LogP contribution in [0.25, 0.3) is 0 Å². The Bertz CT molecular complexity index is 797. The second kappa shape index (κ2) is 5.88. The van der Waals surface area contributed by atoms with Gasteiger partial charge in [-0.2, -0.15) is 0 Å². The Kier molecular flexibility index (Phi) is 3.98. The Balaban J connectivity index is 1.68. The zero-order chi connectivity index (χ0) is 20.8. The molecule has 3 fully saturated rings. The Morgan fingerprint density at radius 1 is 1.34 bits per heavy atom. The summed E-state index contributed by atoms with van der Waals surface area (Å²) < 4.78 is 5.79. The van der Waals surface area contributed by atoms with Crippen molar-refractivity contribution in [3.8, 4) is 0 Å². The van der Waals surface area contributed by atoms with Gasteiger partial charge in [-0.3, -0.25) is 4.90 Å². The summed E-state index contributed by atoms with van der Waals surface area (Å²) in [5.74, 6) is 0.529. The van der Waals surface area contributed by atoms with Crippen LogP contribution in [-0.2, 0) is 4.74 Å². The molecule has 4 bridgehead atoms. The van der Waals surface area contributed by atoms with E-state index in [0.29, 0.717) is 18.9 Å². The molecular weight excluding hydrogens is 366 g/mol. The molecule has 0 aromatic rings. The van der Waals surface area contributed by atoms with Crippen molar-refractivity contribution >= 4 is 6.09 Å². The van der Waals surface area contributed by atoms with E-state index in [1.165, 1.54) is 0 Å². The quantitative estimate of drug-likeness (QED) is 0.690. The van der Waals surface area contributed by atoms with E-state index < -0.39 is 11.7 Å². The second-order valence-electron chi connectivity index (χ2n) is 11.5. The standard InChI is InChI=1S/C24H35NO4/c1-21(2,3)29-20(28)25-14-22(4)9-6-10-24-17-8-5-7-15(19(24)27)23(17,11-12-26)13-16(25)18(22)24/h5,7,13,15,17-19,26-27H,6,8-12,14H2,1-4H3/t15-,17-,18-,19?,22+,23+,24-/m1/s1. The van der Waals surface area contributed by atoms with Crippen molar-refractivity contribution in [1.29, 1.82) is 0 Å². The first-order valence-electron chi connectivity index (χ1n) is 11.3. The number of rotatable bonds is 2. The number of hydrogen-bond donors (Lipinski definition) is 2. The van der Waals surface area contributed by atoms with E-state index in [1.54, 1.807) is 0 Å². The molecule has 1 saturated heterocycles. The number of aliphatic hydroxyl groups excluding tert-OH is 2. The van der Waals surface area contributed by atoms with Gasteiger partial charge in [0, 0.05) is 41.5 Å². The number of ether oxygens (including phenoxy) is 1. The fraction of sp³-hybridized carbons (Fsp3) is 0.792. The fourth-order valence-electron chi connectivity index (χ4n) is 8.22. The van der Waals surface area contributed by atoms with Gasteiger partial charge in [-0.25, -0.2) is 4.79 Å². The highest BCUT2D eigenvalue weighted by Gasteiger charge is 2.76. The zero-order valence-corrected chi connectivity index (χ0v) is 18.1. The molecule has 5 aliphatic rings. The van der Waals surface area contributed by atoms with Crippen LogP contribution in [0.5, 0.6) is 0 Å². The summed E-state index contributed by atoms with van der Waals surface area (Å²) in [5, 5.41) is 21.7. The lowest BCUT2D eigenvalue weighted by atomic mass is 9.47. The molecule has 0 aromatic heterocycles. The molecule has 2 N–H and O–H groups in total. The zero-order valence-electron chi connectivity index (χ0n) is 18.1. The summed E-state index contributed by atoms with van der Waals surface area (Å²) in [6.45, 7) is 8.78. The molecule has 7 atom stereocenters. The predicted molar refractivity (Wildman–Crippen MR) is 110 cm³/mol. The molecule has 0 aromatic carbocycles. The molecule has 1 unspecified atom stereocenters. The van der Waals surface area contributed by atoms with Crippen LogP contribution in [0.15, 0.2) is 23.9 Å². The van der Waals surface area contributed by atoms with Crippen LogP contribution in [0.1, 0.15) is 59.8 Å². The first-order valence-corrected chi connectivity index (χ1v) is 11.3. The number of allylic oxidation sites excluding steroid dienone is 3. The number of hydrogen-bond acceptors (Lipinski definition) is 4. The highest BCUT2D eigenvalue weighted by Crippen LogP contribution is 2.77. The van der Waals surface area contributed by atoms with Gasteiger partial charge >= 0.3 is 6.09 Å². The molecule has 1 aliphatic heterocycles. The molecule has 160 valence electrons. The number of nitrogens with zero attached hydrogens (tertiary/aromatic N) is 1. The van der Waals surface area contributed by atoms with Crippen molar-refractivity contribution in [3.05, 3.63) is 23.9 Å². The van der Waals surface area contributed by atoms with E-state index in [2.05, 4.69) is 25.2 Å². The van der Waals surface area contributed by atoms with Crippen LogP contribution in [0.3, 0.4) is 0 Å². The van der Waals surface area contributed by atoms with Crippen molar-refractivity contribution in [2.24, 2.45) is 34.0 Å². The number of amides is 1. The van der Waals surface area contributed by atoms with Crippen molar-refractivity contribution in [1.82, 2.24) is 4.90 Å². The molecule has 5 nitrogen and oxygen atoms in total. The Labute approximate surface area is 173 Å². The summed E-state index contributed by atoms with van der Waals surface area (Å²) in [5.41, 5.74) is 0.00159. The lowest BCUT2D eigenvalue weighted by Gasteiger charge is -2.56. The Morgan fingerprint density at radius 3 is 2.79 bits per heavy atom. The van der Waals surface area contributed by atoms with Crippen LogP contribution in [0.4, 0.5) is 4.79 Å². The second-order valence-corrected chi connectivity index (χ2v) is 11.5. The smallest absolute Gasteiger partial charge is 0.414 e. The normalized spacial score (nSPS) is 47.1. The van der Waals surface area contributed by atoms with E-state index in [-0.39, 0.29) is 40.8 Å². The highest BCUT2D eigenvalue weighted by atomic mass is 16.6. The highest BCUT2D eigenvalue weighted by molar-refractivity contribution is 5.72. The van der Waals surface area contributed by atoms with E-state index in [0.717, 1.165) is 31.4 Å². The summed E-state index contributed by atoms with van der Waals surface area (Å²) in [4.78, 5) is 15.1. The molecular formula is C24H35NO4. The minimum atomic E-state index is -0.542. The van der Waals surface area contributed by atoms with Gasteiger partial charge in [-0.15, -0.1) is 0 Å². The molecule has 0 radical (unpaired) electrons. The van der Waals surface area contributed by atoms with Gasteiger partial charge in [0.2, 0.25) is 0 Å². The van der Waals surface area contributed by atoms with Crippen LogP contribution in [-0.4, -0.2) is 46.1 Å². The predicted octanol–water partition coefficient (Wildman–Crippen LogP) is 3.86. The summed E-state index contributed by atoms with van der Waals surface area (Å²) in [6, 6.07) is 0. The first kappa shape index (κ1) is 19.6. The maximum Gasteiger partial charge on any atom is 0.414 e. The third-order valence-corrected chi connectivity index (χ3v) is 8.82. The van der Waals surface area contributed by atoms with Crippen LogP contribution >= 0.6 is 0 Å².